The van der Waals surface area contributed by atoms with Crippen molar-refractivity contribution in [3.05, 3.63) is 35.9 Å². The van der Waals surface area contributed by atoms with Gasteiger partial charge in [-0.3, -0.25) is 4.79 Å². The van der Waals surface area contributed by atoms with Gasteiger partial charge in [-0.2, -0.15) is 5.26 Å². The van der Waals surface area contributed by atoms with E-state index in [1.165, 1.54) is 0 Å². The predicted octanol–water partition coefficient (Wildman–Crippen LogP) is 2.45. The molecule has 0 radical (unpaired) electrons. The standard InChI is InChI=1S/C13H16N2O/c1-11(2)15(10-6-9-14)13(16)12-7-4-3-5-8-12/h3-5,7-8,11H,6,10H2,1-2H3. The fourth-order valence-electron chi connectivity index (χ4n) is 1.51. The molecular formula is C13H16N2O. The van der Waals surface area contributed by atoms with Crippen LogP contribution in [0.3, 0.4) is 0 Å². The quantitative estimate of drug-likeness (QED) is 0.776. The zero-order valence-electron chi connectivity index (χ0n) is 9.68. The van der Waals surface area contributed by atoms with Crippen LogP contribution in [-0.4, -0.2) is 23.4 Å². The van der Waals surface area contributed by atoms with Crippen molar-refractivity contribution in [1.82, 2.24) is 4.90 Å². The van der Waals surface area contributed by atoms with E-state index >= 15 is 0 Å². The van der Waals surface area contributed by atoms with E-state index in [2.05, 4.69) is 6.07 Å². The van der Waals surface area contributed by atoms with Crippen LogP contribution >= 0.6 is 0 Å². The van der Waals surface area contributed by atoms with E-state index < -0.39 is 0 Å². The smallest absolute Gasteiger partial charge is 0.254 e. The molecule has 0 spiro atoms. The normalized spacial score (nSPS) is 9.88. The molecule has 0 atom stereocenters. The Bertz CT molecular complexity index is 379. The minimum atomic E-state index is -0.00847. The molecule has 0 saturated heterocycles. The number of rotatable bonds is 4. The Morgan fingerprint density at radius 2 is 2.00 bits per heavy atom. The van der Waals surface area contributed by atoms with Crippen molar-refractivity contribution < 1.29 is 4.79 Å². The molecule has 0 aromatic heterocycles. The van der Waals surface area contributed by atoms with Crippen molar-refractivity contribution in [1.29, 1.82) is 5.26 Å². The van der Waals surface area contributed by atoms with E-state index in [9.17, 15) is 4.79 Å². The third kappa shape index (κ3) is 3.09. The summed E-state index contributed by atoms with van der Waals surface area (Å²) in [5, 5.41) is 8.56. The van der Waals surface area contributed by atoms with Gasteiger partial charge in [0.1, 0.15) is 0 Å². The van der Waals surface area contributed by atoms with Crippen LogP contribution in [0.4, 0.5) is 0 Å². The van der Waals surface area contributed by atoms with Gasteiger partial charge in [0.15, 0.2) is 0 Å². The van der Waals surface area contributed by atoms with Crippen LogP contribution in [0.5, 0.6) is 0 Å². The van der Waals surface area contributed by atoms with Gasteiger partial charge in [0.25, 0.3) is 5.91 Å². The maximum atomic E-state index is 12.1. The molecule has 0 heterocycles. The number of nitrogens with zero attached hydrogens (tertiary/aromatic N) is 2. The molecule has 0 fully saturated rings. The van der Waals surface area contributed by atoms with E-state index in [1.54, 1.807) is 17.0 Å². The van der Waals surface area contributed by atoms with Gasteiger partial charge in [0, 0.05) is 18.2 Å². The Kier molecular flexibility index (Phi) is 4.53. The summed E-state index contributed by atoms with van der Waals surface area (Å²) in [5.74, 6) is -0.00847. The summed E-state index contributed by atoms with van der Waals surface area (Å²) in [6.45, 7) is 4.40. The first-order valence-electron chi connectivity index (χ1n) is 5.39. The minimum Gasteiger partial charge on any atom is -0.335 e. The third-order valence-electron chi connectivity index (χ3n) is 2.37. The zero-order valence-corrected chi connectivity index (χ0v) is 9.68. The van der Waals surface area contributed by atoms with E-state index in [0.717, 1.165) is 0 Å². The summed E-state index contributed by atoms with van der Waals surface area (Å²) in [6.07, 6.45) is 0.372. The van der Waals surface area contributed by atoms with Crippen LogP contribution < -0.4 is 0 Å². The fourth-order valence-corrected chi connectivity index (χ4v) is 1.51. The third-order valence-corrected chi connectivity index (χ3v) is 2.37. The number of carbonyl (C=O) groups is 1. The summed E-state index contributed by atoms with van der Waals surface area (Å²) >= 11 is 0. The van der Waals surface area contributed by atoms with Crippen molar-refractivity contribution in [2.45, 2.75) is 26.3 Å². The summed E-state index contributed by atoms with van der Waals surface area (Å²) in [7, 11) is 0. The maximum absolute atomic E-state index is 12.1. The van der Waals surface area contributed by atoms with Crippen LogP contribution in [0, 0.1) is 11.3 Å². The highest BCUT2D eigenvalue weighted by Crippen LogP contribution is 2.08. The second kappa shape index (κ2) is 5.92. The van der Waals surface area contributed by atoms with Crippen molar-refractivity contribution >= 4 is 5.91 Å². The van der Waals surface area contributed by atoms with E-state index in [0.29, 0.717) is 18.5 Å². The average Bonchev–Trinajstić information content (AvgIpc) is 2.30. The number of hydrogen-bond donors (Lipinski definition) is 0. The Labute approximate surface area is 96.3 Å². The lowest BCUT2D eigenvalue weighted by Gasteiger charge is -2.25. The second-order valence-corrected chi connectivity index (χ2v) is 3.87. The van der Waals surface area contributed by atoms with Crippen molar-refractivity contribution in [3.8, 4) is 6.07 Å². The van der Waals surface area contributed by atoms with Gasteiger partial charge in [-0.1, -0.05) is 18.2 Å². The molecule has 1 aromatic carbocycles. The molecule has 1 rings (SSSR count). The van der Waals surface area contributed by atoms with Gasteiger partial charge in [0.2, 0.25) is 0 Å². The Balaban J connectivity index is 2.80. The summed E-state index contributed by atoms with van der Waals surface area (Å²) in [4.78, 5) is 13.8. The number of nitriles is 1. The molecule has 0 saturated carbocycles. The van der Waals surface area contributed by atoms with Crippen LogP contribution in [0.25, 0.3) is 0 Å². The first kappa shape index (κ1) is 12.3. The van der Waals surface area contributed by atoms with Crippen molar-refractivity contribution in [3.63, 3.8) is 0 Å². The SMILES string of the molecule is CC(C)N(CCC#N)C(=O)c1ccccc1. The van der Waals surface area contributed by atoms with E-state index in [-0.39, 0.29) is 11.9 Å². The summed E-state index contributed by atoms with van der Waals surface area (Å²) in [5.41, 5.74) is 0.675. The lowest BCUT2D eigenvalue weighted by atomic mass is 10.1. The minimum absolute atomic E-state index is 0.00847. The van der Waals surface area contributed by atoms with Gasteiger partial charge in [0.05, 0.1) is 12.5 Å². The highest BCUT2D eigenvalue weighted by Gasteiger charge is 2.17. The summed E-state index contributed by atoms with van der Waals surface area (Å²) < 4.78 is 0. The average molecular weight is 216 g/mol. The van der Waals surface area contributed by atoms with Crippen LogP contribution in [-0.2, 0) is 0 Å². The van der Waals surface area contributed by atoms with Crippen LogP contribution in [0.1, 0.15) is 30.6 Å². The molecule has 0 N–H and O–H groups in total. The number of carbonyl (C=O) groups excluding carboxylic acids is 1. The molecule has 16 heavy (non-hydrogen) atoms. The molecule has 0 aliphatic carbocycles. The molecule has 1 amide bonds. The van der Waals surface area contributed by atoms with Gasteiger partial charge < -0.3 is 4.90 Å². The summed E-state index contributed by atoms with van der Waals surface area (Å²) in [6, 6.07) is 11.3. The largest absolute Gasteiger partial charge is 0.335 e. The Hall–Kier alpha value is -1.82. The Morgan fingerprint density at radius 1 is 1.38 bits per heavy atom. The molecule has 0 unspecified atom stereocenters. The highest BCUT2D eigenvalue weighted by atomic mass is 16.2. The lowest BCUT2D eigenvalue weighted by Crippen LogP contribution is -2.37. The first-order chi connectivity index (χ1) is 7.66. The lowest BCUT2D eigenvalue weighted by molar-refractivity contribution is 0.0710. The van der Waals surface area contributed by atoms with Gasteiger partial charge in [-0.15, -0.1) is 0 Å². The molecule has 84 valence electrons. The monoisotopic (exact) mass is 216 g/mol. The first-order valence-corrected chi connectivity index (χ1v) is 5.39. The Morgan fingerprint density at radius 3 is 2.50 bits per heavy atom. The molecule has 0 bridgehead atoms. The van der Waals surface area contributed by atoms with Crippen LogP contribution in [0.15, 0.2) is 30.3 Å². The van der Waals surface area contributed by atoms with Crippen molar-refractivity contribution in [2.75, 3.05) is 6.54 Å². The topological polar surface area (TPSA) is 44.1 Å². The van der Waals surface area contributed by atoms with E-state index in [1.807, 2.05) is 32.0 Å². The highest BCUT2D eigenvalue weighted by molar-refractivity contribution is 5.94. The van der Waals surface area contributed by atoms with E-state index in [4.69, 9.17) is 5.26 Å². The number of amides is 1. The zero-order chi connectivity index (χ0) is 12.0. The number of benzene rings is 1. The number of hydrogen-bond acceptors (Lipinski definition) is 2. The van der Waals surface area contributed by atoms with Gasteiger partial charge in [-0.25, -0.2) is 0 Å². The molecule has 1 aromatic rings. The molecule has 3 nitrogen and oxygen atoms in total. The van der Waals surface area contributed by atoms with Crippen molar-refractivity contribution in [2.24, 2.45) is 0 Å². The predicted molar refractivity (Wildman–Crippen MR) is 62.8 cm³/mol. The molecular weight excluding hydrogens is 200 g/mol. The van der Waals surface area contributed by atoms with Gasteiger partial charge >= 0.3 is 0 Å². The molecule has 0 aliphatic heterocycles. The second-order valence-electron chi connectivity index (χ2n) is 3.87. The maximum Gasteiger partial charge on any atom is 0.254 e. The fraction of sp³-hybridized carbons (Fsp3) is 0.385. The van der Waals surface area contributed by atoms with Crippen LogP contribution in [0.2, 0.25) is 0 Å². The van der Waals surface area contributed by atoms with Gasteiger partial charge in [-0.05, 0) is 26.0 Å². The molecule has 0 aliphatic rings. The molecule has 3 heteroatoms.